The van der Waals surface area contributed by atoms with Crippen molar-refractivity contribution < 1.29 is 5.11 Å². The minimum Gasteiger partial charge on any atom is -0.506 e. The summed E-state index contributed by atoms with van der Waals surface area (Å²) < 4.78 is 0. The van der Waals surface area contributed by atoms with Crippen LogP contribution in [0.4, 0.5) is 0 Å². The quantitative estimate of drug-likeness (QED) is 0.623. The first-order valence-electron chi connectivity index (χ1n) is 3.75. The number of hydrogen-bond acceptors (Lipinski definition) is 3. The van der Waals surface area contributed by atoms with Crippen molar-refractivity contribution in [3.8, 4) is 5.75 Å². The van der Waals surface area contributed by atoms with Crippen molar-refractivity contribution >= 4 is 0 Å². The predicted octanol–water partition coefficient (Wildman–Crippen LogP) is 0.822. The van der Waals surface area contributed by atoms with Crippen LogP contribution in [-0.2, 0) is 0 Å². The number of aromatic hydroxyl groups is 1. The van der Waals surface area contributed by atoms with Crippen molar-refractivity contribution in [2.24, 2.45) is 0 Å². The van der Waals surface area contributed by atoms with Gasteiger partial charge in [-0.05, 0) is 25.1 Å². The highest BCUT2D eigenvalue weighted by Crippen LogP contribution is 2.27. The van der Waals surface area contributed by atoms with Gasteiger partial charge in [0.25, 0.3) is 0 Å². The molecule has 1 aromatic rings. The molecule has 3 heteroatoms. The van der Waals surface area contributed by atoms with Crippen LogP contribution >= 0.6 is 0 Å². The zero-order chi connectivity index (χ0) is 7.68. The standard InChI is InChI=1S/C8H10N2O/c11-7-2-1-4-10-8(7)6-3-5-9-6/h1-2,4,6,9,11H,3,5H2/t6-/m0/s1. The SMILES string of the molecule is Oc1cccnc1[C@@H]1CCN1. The Morgan fingerprint density at radius 3 is 3.00 bits per heavy atom. The normalized spacial score (nSPS) is 22.7. The van der Waals surface area contributed by atoms with Crippen LogP contribution in [0.5, 0.6) is 5.75 Å². The minimum absolute atomic E-state index is 0.274. The van der Waals surface area contributed by atoms with Crippen molar-refractivity contribution in [1.29, 1.82) is 0 Å². The molecule has 58 valence electrons. The molecule has 2 heterocycles. The molecule has 0 spiro atoms. The van der Waals surface area contributed by atoms with Gasteiger partial charge < -0.3 is 10.4 Å². The third-order valence-electron chi connectivity index (χ3n) is 1.97. The van der Waals surface area contributed by atoms with Gasteiger partial charge in [-0.1, -0.05) is 0 Å². The van der Waals surface area contributed by atoms with Gasteiger partial charge in [0.05, 0.1) is 11.7 Å². The summed E-state index contributed by atoms with van der Waals surface area (Å²) in [7, 11) is 0. The molecule has 0 radical (unpaired) electrons. The summed E-state index contributed by atoms with van der Waals surface area (Å²) >= 11 is 0. The van der Waals surface area contributed by atoms with Crippen LogP contribution in [0.2, 0.25) is 0 Å². The van der Waals surface area contributed by atoms with Crippen molar-refractivity contribution in [2.45, 2.75) is 12.5 Å². The summed E-state index contributed by atoms with van der Waals surface area (Å²) in [6, 6.07) is 3.68. The molecule has 0 saturated carbocycles. The Hall–Kier alpha value is -1.09. The van der Waals surface area contributed by atoms with Crippen LogP contribution in [0.1, 0.15) is 18.2 Å². The van der Waals surface area contributed by atoms with Gasteiger partial charge in [-0.25, -0.2) is 0 Å². The lowest BCUT2D eigenvalue weighted by Crippen LogP contribution is -2.35. The van der Waals surface area contributed by atoms with Crippen LogP contribution in [0.25, 0.3) is 0 Å². The largest absolute Gasteiger partial charge is 0.506 e. The Labute approximate surface area is 65.1 Å². The number of rotatable bonds is 1. The molecule has 1 fully saturated rings. The molecule has 1 aromatic heterocycles. The number of aromatic nitrogens is 1. The van der Waals surface area contributed by atoms with Crippen molar-refractivity contribution in [2.75, 3.05) is 6.54 Å². The molecule has 1 atom stereocenters. The summed E-state index contributed by atoms with van der Waals surface area (Å²) in [5.41, 5.74) is 0.777. The van der Waals surface area contributed by atoms with Crippen LogP contribution in [0.3, 0.4) is 0 Å². The number of nitrogens with zero attached hydrogens (tertiary/aromatic N) is 1. The van der Waals surface area contributed by atoms with Gasteiger partial charge in [0, 0.05) is 6.20 Å². The van der Waals surface area contributed by atoms with Crippen LogP contribution in [0, 0.1) is 0 Å². The van der Waals surface area contributed by atoms with E-state index in [9.17, 15) is 5.11 Å². The predicted molar refractivity (Wildman–Crippen MR) is 41.3 cm³/mol. The van der Waals surface area contributed by atoms with Crippen molar-refractivity contribution in [3.63, 3.8) is 0 Å². The zero-order valence-corrected chi connectivity index (χ0v) is 6.12. The highest BCUT2D eigenvalue weighted by Gasteiger charge is 2.21. The molecule has 0 aliphatic carbocycles. The molecule has 2 rings (SSSR count). The average molecular weight is 150 g/mol. The monoisotopic (exact) mass is 150 g/mol. The Morgan fingerprint density at radius 2 is 2.45 bits per heavy atom. The molecular formula is C8H10N2O. The Morgan fingerprint density at radius 1 is 1.64 bits per heavy atom. The first kappa shape index (κ1) is 6.61. The first-order valence-corrected chi connectivity index (χ1v) is 3.75. The molecule has 0 amide bonds. The second kappa shape index (κ2) is 2.51. The summed E-state index contributed by atoms with van der Waals surface area (Å²) in [4.78, 5) is 4.09. The average Bonchev–Trinajstić information content (AvgIpc) is 1.90. The summed E-state index contributed by atoms with van der Waals surface area (Å²) in [5.74, 6) is 0.296. The number of nitrogens with one attached hydrogen (secondary N) is 1. The topological polar surface area (TPSA) is 45.2 Å². The van der Waals surface area contributed by atoms with E-state index in [0.717, 1.165) is 18.7 Å². The van der Waals surface area contributed by atoms with E-state index in [0.29, 0.717) is 5.75 Å². The van der Waals surface area contributed by atoms with E-state index >= 15 is 0 Å². The van der Waals surface area contributed by atoms with Gasteiger partial charge in [-0.15, -0.1) is 0 Å². The van der Waals surface area contributed by atoms with E-state index in [2.05, 4.69) is 10.3 Å². The third kappa shape index (κ3) is 1.07. The smallest absolute Gasteiger partial charge is 0.138 e. The summed E-state index contributed by atoms with van der Waals surface area (Å²) in [6.45, 7) is 1.03. The second-order valence-corrected chi connectivity index (χ2v) is 2.70. The highest BCUT2D eigenvalue weighted by molar-refractivity contribution is 5.28. The Balaban J connectivity index is 2.28. The second-order valence-electron chi connectivity index (χ2n) is 2.70. The fraction of sp³-hybridized carbons (Fsp3) is 0.375. The minimum atomic E-state index is 0.274. The number of hydrogen-bond donors (Lipinski definition) is 2. The molecular weight excluding hydrogens is 140 g/mol. The van der Waals surface area contributed by atoms with E-state index in [-0.39, 0.29) is 6.04 Å². The van der Waals surface area contributed by atoms with Gasteiger partial charge in [0.15, 0.2) is 0 Å². The van der Waals surface area contributed by atoms with E-state index in [1.54, 1.807) is 18.3 Å². The van der Waals surface area contributed by atoms with Gasteiger partial charge in [-0.2, -0.15) is 0 Å². The molecule has 2 N–H and O–H groups in total. The first-order chi connectivity index (χ1) is 5.38. The van der Waals surface area contributed by atoms with Crippen LogP contribution < -0.4 is 5.32 Å². The molecule has 3 nitrogen and oxygen atoms in total. The van der Waals surface area contributed by atoms with Gasteiger partial charge >= 0.3 is 0 Å². The lowest BCUT2D eigenvalue weighted by atomic mass is 10.0. The maximum atomic E-state index is 9.34. The van der Waals surface area contributed by atoms with Crippen LogP contribution in [0.15, 0.2) is 18.3 Å². The van der Waals surface area contributed by atoms with E-state index in [1.165, 1.54) is 0 Å². The lowest BCUT2D eigenvalue weighted by Gasteiger charge is -2.27. The zero-order valence-electron chi connectivity index (χ0n) is 6.12. The van der Waals surface area contributed by atoms with Gasteiger partial charge in [0.1, 0.15) is 5.75 Å². The molecule has 1 aliphatic heterocycles. The van der Waals surface area contributed by atoms with Crippen LogP contribution in [-0.4, -0.2) is 16.6 Å². The molecule has 1 aliphatic rings. The van der Waals surface area contributed by atoms with E-state index < -0.39 is 0 Å². The van der Waals surface area contributed by atoms with Crippen molar-refractivity contribution in [3.05, 3.63) is 24.0 Å². The highest BCUT2D eigenvalue weighted by atomic mass is 16.3. The summed E-state index contributed by atoms with van der Waals surface area (Å²) in [5, 5.41) is 12.5. The summed E-state index contributed by atoms with van der Waals surface area (Å²) in [6.07, 6.45) is 2.78. The van der Waals surface area contributed by atoms with Crippen molar-refractivity contribution in [1.82, 2.24) is 10.3 Å². The fourth-order valence-corrected chi connectivity index (χ4v) is 1.20. The molecule has 11 heavy (non-hydrogen) atoms. The number of pyridine rings is 1. The van der Waals surface area contributed by atoms with E-state index in [1.807, 2.05) is 0 Å². The Kier molecular flexibility index (Phi) is 1.51. The van der Waals surface area contributed by atoms with Gasteiger partial charge in [0.2, 0.25) is 0 Å². The van der Waals surface area contributed by atoms with Gasteiger partial charge in [-0.3, -0.25) is 4.98 Å². The third-order valence-corrected chi connectivity index (χ3v) is 1.97. The maximum absolute atomic E-state index is 9.34. The lowest BCUT2D eigenvalue weighted by molar-refractivity contribution is 0.355. The van der Waals surface area contributed by atoms with E-state index in [4.69, 9.17) is 0 Å². The fourth-order valence-electron chi connectivity index (χ4n) is 1.20. The molecule has 0 aromatic carbocycles. The maximum Gasteiger partial charge on any atom is 0.138 e. The molecule has 0 bridgehead atoms. The Bertz CT molecular complexity index is 258. The molecule has 0 unspecified atom stereocenters. The molecule has 1 saturated heterocycles.